The van der Waals surface area contributed by atoms with Crippen LogP contribution in [0.1, 0.15) is 12.5 Å². The molecule has 0 bridgehead atoms. The fourth-order valence-corrected chi connectivity index (χ4v) is 3.71. The molecule has 1 aliphatic rings. The van der Waals surface area contributed by atoms with Crippen molar-refractivity contribution in [2.75, 3.05) is 31.6 Å². The van der Waals surface area contributed by atoms with E-state index in [-0.39, 0.29) is 0 Å². The topological polar surface area (TPSA) is 28.4 Å². The highest BCUT2D eigenvalue weighted by atomic mass is 32.2. The number of furan rings is 1. The lowest BCUT2D eigenvalue weighted by Crippen LogP contribution is -2.53. The molecule has 0 radical (unpaired) electrons. The first kappa shape index (κ1) is 13.0. The molecule has 2 heterocycles. The zero-order valence-electron chi connectivity index (χ0n) is 10.7. The molecular weight excluding hydrogens is 232 g/mol. The minimum atomic E-state index is 0.524. The van der Waals surface area contributed by atoms with Gasteiger partial charge in [-0.25, -0.2) is 0 Å². The van der Waals surface area contributed by atoms with Gasteiger partial charge < -0.3 is 14.6 Å². The van der Waals surface area contributed by atoms with Crippen molar-refractivity contribution in [1.82, 2.24) is 10.2 Å². The second-order valence-electron chi connectivity index (χ2n) is 4.62. The van der Waals surface area contributed by atoms with Crippen LogP contribution in [0.25, 0.3) is 0 Å². The van der Waals surface area contributed by atoms with Gasteiger partial charge in [-0.2, -0.15) is 11.8 Å². The lowest BCUT2D eigenvalue weighted by molar-refractivity contribution is 0.215. The Morgan fingerprint density at radius 3 is 3.18 bits per heavy atom. The fourth-order valence-electron chi connectivity index (χ4n) is 2.40. The molecule has 4 heteroatoms. The number of nitrogens with one attached hydrogen (secondary N) is 1. The van der Waals surface area contributed by atoms with Crippen LogP contribution in [0.2, 0.25) is 0 Å². The summed E-state index contributed by atoms with van der Waals surface area (Å²) in [5.74, 6) is 2.49. The number of nitrogens with zero attached hydrogens (tertiary/aromatic N) is 1. The van der Waals surface area contributed by atoms with Crippen molar-refractivity contribution in [3.8, 4) is 0 Å². The second-order valence-corrected chi connectivity index (χ2v) is 5.77. The van der Waals surface area contributed by atoms with Crippen molar-refractivity contribution in [2.24, 2.45) is 0 Å². The first-order valence-electron chi connectivity index (χ1n) is 6.33. The van der Waals surface area contributed by atoms with Crippen LogP contribution >= 0.6 is 11.8 Å². The van der Waals surface area contributed by atoms with Gasteiger partial charge in [0.15, 0.2) is 0 Å². The summed E-state index contributed by atoms with van der Waals surface area (Å²) in [6.45, 7) is 4.40. The van der Waals surface area contributed by atoms with E-state index >= 15 is 0 Å². The number of rotatable bonds is 5. The molecule has 1 aliphatic heterocycles. The van der Waals surface area contributed by atoms with Crippen molar-refractivity contribution in [1.29, 1.82) is 0 Å². The van der Waals surface area contributed by atoms with Crippen LogP contribution in [-0.4, -0.2) is 48.6 Å². The monoisotopic (exact) mass is 254 g/mol. The highest BCUT2D eigenvalue weighted by Crippen LogP contribution is 2.19. The maximum atomic E-state index is 5.16. The Labute approximate surface area is 108 Å². The SMILES string of the molecule is CCNC(Cc1ccoc1)C1CSCCN1C. The molecule has 0 aromatic carbocycles. The molecule has 0 spiro atoms. The van der Waals surface area contributed by atoms with Gasteiger partial charge in [0, 0.05) is 30.1 Å². The molecule has 2 rings (SSSR count). The molecule has 96 valence electrons. The molecule has 0 saturated carbocycles. The van der Waals surface area contributed by atoms with Crippen LogP contribution in [0.3, 0.4) is 0 Å². The van der Waals surface area contributed by atoms with E-state index in [1.807, 2.05) is 6.26 Å². The van der Waals surface area contributed by atoms with Crippen LogP contribution in [0, 0.1) is 0 Å². The first-order chi connectivity index (χ1) is 8.31. The van der Waals surface area contributed by atoms with Gasteiger partial charge in [-0.1, -0.05) is 6.92 Å². The largest absolute Gasteiger partial charge is 0.472 e. The highest BCUT2D eigenvalue weighted by molar-refractivity contribution is 7.99. The maximum Gasteiger partial charge on any atom is 0.0935 e. The number of hydrogen-bond acceptors (Lipinski definition) is 4. The number of thioether (sulfide) groups is 1. The van der Waals surface area contributed by atoms with E-state index in [2.05, 4.69) is 42.0 Å². The Bertz CT molecular complexity index is 315. The Balaban J connectivity index is 1.99. The molecule has 2 unspecified atom stereocenters. The van der Waals surface area contributed by atoms with Crippen molar-refractivity contribution in [3.63, 3.8) is 0 Å². The van der Waals surface area contributed by atoms with E-state index in [0.717, 1.165) is 13.0 Å². The quantitative estimate of drug-likeness (QED) is 0.868. The van der Waals surface area contributed by atoms with Gasteiger partial charge in [0.1, 0.15) is 0 Å². The zero-order valence-corrected chi connectivity index (χ0v) is 11.5. The maximum absolute atomic E-state index is 5.16. The van der Waals surface area contributed by atoms with Gasteiger partial charge in [0.05, 0.1) is 12.5 Å². The fraction of sp³-hybridized carbons (Fsp3) is 0.692. The third-order valence-corrected chi connectivity index (χ3v) is 4.46. The Morgan fingerprint density at radius 2 is 2.53 bits per heavy atom. The Morgan fingerprint density at radius 1 is 1.65 bits per heavy atom. The molecule has 1 N–H and O–H groups in total. The lowest BCUT2D eigenvalue weighted by Gasteiger charge is -2.38. The molecule has 1 aromatic heterocycles. The second kappa shape index (κ2) is 6.47. The number of hydrogen-bond donors (Lipinski definition) is 1. The highest BCUT2D eigenvalue weighted by Gasteiger charge is 2.27. The van der Waals surface area contributed by atoms with Gasteiger partial charge >= 0.3 is 0 Å². The van der Waals surface area contributed by atoms with Gasteiger partial charge in [-0.3, -0.25) is 0 Å². The van der Waals surface area contributed by atoms with E-state index < -0.39 is 0 Å². The summed E-state index contributed by atoms with van der Waals surface area (Å²) in [7, 11) is 2.24. The van der Waals surface area contributed by atoms with E-state index in [4.69, 9.17) is 4.42 Å². The van der Waals surface area contributed by atoms with Crippen LogP contribution in [0.5, 0.6) is 0 Å². The molecule has 1 fully saturated rings. The van der Waals surface area contributed by atoms with Crippen LogP contribution in [-0.2, 0) is 6.42 Å². The third-order valence-electron chi connectivity index (χ3n) is 3.41. The molecule has 1 aromatic rings. The van der Waals surface area contributed by atoms with E-state index in [1.54, 1.807) is 6.26 Å². The van der Waals surface area contributed by atoms with Crippen molar-refractivity contribution >= 4 is 11.8 Å². The summed E-state index contributed by atoms with van der Waals surface area (Å²) in [6.07, 6.45) is 4.68. The van der Waals surface area contributed by atoms with Gasteiger partial charge in [-0.15, -0.1) is 0 Å². The van der Waals surface area contributed by atoms with Crippen molar-refractivity contribution < 1.29 is 4.42 Å². The summed E-state index contributed by atoms with van der Waals surface area (Å²) >= 11 is 2.07. The van der Waals surface area contributed by atoms with Gasteiger partial charge in [0.25, 0.3) is 0 Å². The Kier molecular flexibility index (Phi) is 4.95. The molecule has 2 atom stereocenters. The van der Waals surface area contributed by atoms with Crippen LogP contribution in [0.15, 0.2) is 23.0 Å². The third kappa shape index (κ3) is 3.50. The average molecular weight is 254 g/mol. The van der Waals surface area contributed by atoms with Crippen molar-refractivity contribution in [3.05, 3.63) is 24.2 Å². The summed E-state index contributed by atoms with van der Waals surface area (Å²) < 4.78 is 5.16. The average Bonchev–Trinajstić information content (AvgIpc) is 2.82. The molecule has 0 amide bonds. The first-order valence-corrected chi connectivity index (χ1v) is 7.49. The van der Waals surface area contributed by atoms with E-state index in [0.29, 0.717) is 12.1 Å². The molecule has 1 saturated heterocycles. The predicted octanol–water partition coefficient (Wildman–Crippen LogP) is 1.85. The molecular formula is C13H22N2OS. The standard InChI is InChI=1S/C13H22N2OS/c1-3-14-12(8-11-4-6-16-9-11)13-10-17-7-5-15(13)2/h4,6,9,12-14H,3,5,7-8,10H2,1-2H3. The summed E-state index contributed by atoms with van der Waals surface area (Å²) in [5, 5.41) is 3.62. The van der Waals surface area contributed by atoms with Crippen LogP contribution in [0.4, 0.5) is 0 Å². The molecule has 17 heavy (non-hydrogen) atoms. The normalized spacial score (nSPS) is 23.8. The zero-order chi connectivity index (χ0) is 12.1. The minimum absolute atomic E-state index is 0.524. The Hall–Kier alpha value is -0.450. The van der Waals surface area contributed by atoms with Gasteiger partial charge in [-0.05, 0) is 31.6 Å². The molecule has 0 aliphatic carbocycles. The van der Waals surface area contributed by atoms with E-state index in [9.17, 15) is 0 Å². The van der Waals surface area contributed by atoms with Crippen molar-refractivity contribution in [2.45, 2.75) is 25.4 Å². The predicted molar refractivity (Wildman–Crippen MR) is 73.6 cm³/mol. The number of likely N-dealkylation sites (N-methyl/N-ethyl adjacent to an activating group) is 2. The smallest absolute Gasteiger partial charge is 0.0935 e. The summed E-state index contributed by atoms with van der Waals surface area (Å²) in [6, 6.07) is 3.22. The lowest BCUT2D eigenvalue weighted by atomic mass is 10.0. The minimum Gasteiger partial charge on any atom is -0.472 e. The summed E-state index contributed by atoms with van der Waals surface area (Å²) in [4.78, 5) is 2.49. The van der Waals surface area contributed by atoms with Gasteiger partial charge in [0.2, 0.25) is 0 Å². The van der Waals surface area contributed by atoms with E-state index in [1.165, 1.54) is 23.6 Å². The summed E-state index contributed by atoms with van der Waals surface area (Å²) in [5.41, 5.74) is 1.29. The molecule has 3 nitrogen and oxygen atoms in total. The van der Waals surface area contributed by atoms with Crippen LogP contribution < -0.4 is 5.32 Å².